The molecule has 6 heteroatoms. The maximum atomic E-state index is 13.4. The molecule has 0 atom stereocenters. The zero-order chi connectivity index (χ0) is 23.2. The number of halogens is 1. The minimum atomic E-state index is -0.426. The predicted molar refractivity (Wildman–Crippen MR) is 123 cm³/mol. The van der Waals surface area contributed by atoms with Gasteiger partial charge in [0.05, 0.1) is 19.3 Å². The molecule has 0 aromatic heterocycles. The second-order valence-corrected chi connectivity index (χ2v) is 7.28. The molecule has 0 saturated heterocycles. The monoisotopic (exact) mass is 446 g/mol. The zero-order valence-electron chi connectivity index (χ0n) is 18.3. The van der Waals surface area contributed by atoms with E-state index >= 15 is 0 Å². The summed E-state index contributed by atoms with van der Waals surface area (Å²) in [4.78, 5) is 12.4. The van der Waals surface area contributed by atoms with Crippen LogP contribution in [0.4, 0.5) is 4.39 Å². The molecule has 4 rings (SSSR count). The molecule has 1 aliphatic rings. The van der Waals surface area contributed by atoms with Crippen LogP contribution >= 0.6 is 0 Å². The lowest BCUT2D eigenvalue weighted by molar-refractivity contribution is -0.130. The van der Waals surface area contributed by atoms with Crippen molar-refractivity contribution in [2.75, 3.05) is 13.7 Å². The van der Waals surface area contributed by atoms with Crippen LogP contribution in [0.5, 0.6) is 17.2 Å². The van der Waals surface area contributed by atoms with Crippen LogP contribution in [-0.2, 0) is 16.1 Å². The van der Waals surface area contributed by atoms with Crippen molar-refractivity contribution >= 4 is 17.8 Å². The van der Waals surface area contributed by atoms with Gasteiger partial charge in [0.15, 0.2) is 11.5 Å². The number of methoxy groups -OCH3 is 1. The smallest absolute Gasteiger partial charge is 0.343 e. The van der Waals surface area contributed by atoms with E-state index in [2.05, 4.69) is 0 Å². The number of cyclic esters (lactones) is 1. The SMILES string of the molecule is CCOc1cc(/C=C2\C=C(c3ccc(OC)cc3)OC2=O)ccc1OCc1cccc(F)c1. The molecule has 5 nitrogen and oxygen atoms in total. The Morgan fingerprint density at radius 2 is 1.79 bits per heavy atom. The second kappa shape index (κ2) is 10.0. The van der Waals surface area contributed by atoms with Crippen molar-refractivity contribution in [3.63, 3.8) is 0 Å². The van der Waals surface area contributed by atoms with Gasteiger partial charge in [0.2, 0.25) is 0 Å². The number of rotatable bonds is 8. The van der Waals surface area contributed by atoms with Gasteiger partial charge in [-0.05, 0) is 78.7 Å². The number of carbonyl (C=O) groups excluding carboxylic acids is 1. The normalized spacial score (nSPS) is 14.1. The summed E-state index contributed by atoms with van der Waals surface area (Å²) in [5.41, 5.74) is 2.68. The Morgan fingerprint density at radius 3 is 2.52 bits per heavy atom. The number of hydrogen-bond donors (Lipinski definition) is 0. The van der Waals surface area contributed by atoms with Crippen LogP contribution in [0.15, 0.2) is 78.4 Å². The maximum Gasteiger partial charge on any atom is 0.343 e. The van der Waals surface area contributed by atoms with E-state index in [1.165, 1.54) is 12.1 Å². The van der Waals surface area contributed by atoms with Crippen LogP contribution in [-0.4, -0.2) is 19.7 Å². The van der Waals surface area contributed by atoms with Gasteiger partial charge in [-0.2, -0.15) is 0 Å². The summed E-state index contributed by atoms with van der Waals surface area (Å²) in [6, 6.07) is 18.9. The van der Waals surface area contributed by atoms with E-state index in [0.29, 0.717) is 35.0 Å². The summed E-state index contributed by atoms with van der Waals surface area (Å²) in [5, 5.41) is 0. The van der Waals surface area contributed by atoms with Gasteiger partial charge < -0.3 is 18.9 Å². The van der Waals surface area contributed by atoms with E-state index in [0.717, 1.165) is 16.9 Å². The van der Waals surface area contributed by atoms with Crippen molar-refractivity contribution in [1.82, 2.24) is 0 Å². The Kier molecular flexibility index (Phi) is 6.74. The fourth-order valence-corrected chi connectivity index (χ4v) is 3.36. The van der Waals surface area contributed by atoms with Crippen LogP contribution in [0.25, 0.3) is 11.8 Å². The van der Waals surface area contributed by atoms with E-state index in [1.54, 1.807) is 43.5 Å². The quantitative estimate of drug-likeness (QED) is 0.324. The molecule has 1 aliphatic heterocycles. The first-order chi connectivity index (χ1) is 16.1. The fraction of sp³-hybridized carbons (Fsp3) is 0.148. The molecule has 168 valence electrons. The lowest BCUT2D eigenvalue weighted by atomic mass is 10.1. The summed E-state index contributed by atoms with van der Waals surface area (Å²) in [6.45, 7) is 2.53. The highest BCUT2D eigenvalue weighted by molar-refractivity contribution is 6.05. The van der Waals surface area contributed by atoms with Crippen molar-refractivity contribution in [2.45, 2.75) is 13.5 Å². The van der Waals surface area contributed by atoms with E-state index in [4.69, 9.17) is 18.9 Å². The second-order valence-electron chi connectivity index (χ2n) is 7.28. The molecule has 0 N–H and O–H groups in total. The van der Waals surface area contributed by atoms with E-state index in [1.807, 2.05) is 37.3 Å². The summed E-state index contributed by atoms with van der Waals surface area (Å²) in [5.74, 6) is 1.54. The van der Waals surface area contributed by atoms with Crippen molar-refractivity contribution in [3.8, 4) is 17.2 Å². The van der Waals surface area contributed by atoms with Gasteiger partial charge in [-0.15, -0.1) is 0 Å². The molecule has 3 aromatic rings. The molecule has 0 fully saturated rings. The van der Waals surface area contributed by atoms with Crippen LogP contribution in [0.3, 0.4) is 0 Å². The number of hydrogen-bond acceptors (Lipinski definition) is 5. The minimum absolute atomic E-state index is 0.207. The third-order valence-electron chi connectivity index (χ3n) is 4.97. The van der Waals surface area contributed by atoms with Gasteiger partial charge in [-0.3, -0.25) is 0 Å². The number of benzene rings is 3. The zero-order valence-corrected chi connectivity index (χ0v) is 18.3. The van der Waals surface area contributed by atoms with Crippen LogP contribution < -0.4 is 14.2 Å². The third kappa shape index (κ3) is 5.41. The first-order valence-corrected chi connectivity index (χ1v) is 10.5. The Balaban J connectivity index is 1.54. The Labute approximate surface area is 191 Å². The fourth-order valence-electron chi connectivity index (χ4n) is 3.36. The van der Waals surface area contributed by atoms with Crippen molar-refractivity contribution in [3.05, 3.63) is 101 Å². The molecule has 0 bridgehead atoms. The highest BCUT2D eigenvalue weighted by Crippen LogP contribution is 2.32. The molecule has 1 heterocycles. The molecular weight excluding hydrogens is 423 g/mol. The van der Waals surface area contributed by atoms with Crippen molar-refractivity contribution < 1.29 is 28.1 Å². The number of ether oxygens (including phenoxy) is 4. The first kappa shape index (κ1) is 22.1. The van der Waals surface area contributed by atoms with Gasteiger partial charge in [0.1, 0.15) is 23.9 Å². The molecule has 0 spiro atoms. The lowest BCUT2D eigenvalue weighted by Gasteiger charge is -2.13. The topological polar surface area (TPSA) is 54.0 Å². The molecule has 0 aliphatic carbocycles. The molecule has 0 radical (unpaired) electrons. The number of carbonyl (C=O) groups is 1. The molecule has 3 aromatic carbocycles. The molecule has 0 amide bonds. The summed E-state index contributed by atoms with van der Waals surface area (Å²) in [7, 11) is 1.60. The molecule has 0 unspecified atom stereocenters. The average Bonchev–Trinajstić information content (AvgIpc) is 3.19. The standard InChI is InChI=1S/C27H23FO5/c1-3-31-26-15-18(7-12-24(26)32-17-19-5-4-6-22(28)14-19)13-21-16-25(33-27(21)29)20-8-10-23(30-2)11-9-20/h4-16H,3,17H2,1-2H3/b21-13+. The van der Waals surface area contributed by atoms with Gasteiger partial charge in [0.25, 0.3) is 0 Å². The molecule has 33 heavy (non-hydrogen) atoms. The molecular formula is C27H23FO5. The van der Waals surface area contributed by atoms with Crippen LogP contribution in [0.2, 0.25) is 0 Å². The van der Waals surface area contributed by atoms with Gasteiger partial charge in [-0.25, -0.2) is 9.18 Å². The van der Waals surface area contributed by atoms with Gasteiger partial charge >= 0.3 is 5.97 Å². The largest absolute Gasteiger partial charge is 0.497 e. The van der Waals surface area contributed by atoms with Crippen LogP contribution in [0, 0.1) is 5.82 Å². The lowest BCUT2D eigenvalue weighted by Crippen LogP contribution is -2.00. The Morgan fingerprint density at radius 1 is 0.970 bits per heavy atom. The predicted octanol–water partition coefficient (Wildman–Crippen LogP) is 5.79. The highest BCUT2D eigenvalue weighted by atomic mass is 19.1. The summed E-state index contributed by atoms with van der Waals surface area (Å²) in [6.07, 6.45) is 3.44. The Hall–Kier alpha value is -4.06. The maximum absolute atomic E-state index is 13.4. The van der Waals surface area contributed by atoms with Crippen LogP contribution in [0.1, 0.15) is 23.6 Å². The Bertz CT molecular complexity index is 1210. The van der Waals surface area contributed by atoms with E-state index in [-0.39, 0.29) is 12.4 Å². The minimum Gasteiger partial charge on any atom is -0.497 e. The first-order valence-electron chi connectivity index (χ1n) is 10.5. The third-order valence-corrected chi connectivity index (χ3v) is 4.97. The van der Waals surface area contributed by atoms with Gasteiger partial charge in [0, 0.05) is 5.56 Å². The van der Waals surface area contributed by atoms with E-state index in [9.17, 15) is 9.18 Å². The molecule has 0 saturated carbocycles. The summed E-state index contributed by atoms with van der Waals surface area (Å²) >= 11 is 0. The average molecular weight is 446 g/mol. The van der Waals surface area contributed by atoms with E-state index < -0.39 is 5.97 Å². The number of esters is 1. The summed E-state index contributed by atoms with van der Waals surface area (Å²) < 4.78 is 35.6. The van der Waals surface area contributed by atoms with Crippen molar-refractivity contribution in [1.29, 1.82) is 0 Å². The van der Waals surface area contributed by atoms with Crippen molar-refractivity contribution in [2.24, 2.45) is 0 Å². The van der Waals surface area contributed by atoms with Gasteiger partial charge in [-0.1, -0.05) is 18.2 Å². The highest BCUT2D eigenvalue weighted by Gasteiger charge is 2.22.